The molecule has 2 aliphatic heterocycles. The molecule has 2 heterocycles. The Morgan fingerprint density at radius 1 is 1.35 bits per heavy atom. The van der Waals surface area contributed by atoms with Gasteiger partial charge in [-0.25, -0.2) is 0 Å². The van der Waals surface area contributed by atoms with Crippen molar-refractivity contribution in [1.82, 2.24) is 15.5 Å². The van der Waals surface area contributed by atoms with Gasteiger partial charge in [0.2, 0.25) is 17.7 Å². The van der Waals surface area contributed by atoms with Crippen LogP contribution in [0.5, 0.6) is 0 Å². The fourth-order valence-electron chi connectivity index (χ4n) is 2.11. The number of carbonyl (C=O) groups excluding carboxylic acids is 3. The summed E-state index contributed by atoms with van der Waals surface area (Å²) in [6.45, 7) is 0.687. The van der Waals surface area contributed by atoms with Crippen LogP contribution in [0.3, 0.4) is 0 Å². The van der Waals surface area contributed by atoms with E-state index >= 15 is 0 Å². The van der Waals surface area contributed by atoms with E-state index in [1.54, 1.807) is 7.05 Å². The van der Waals surface area contributed by atoms with Crippen LogP contribution < -0.4 is 10.6 Å². The summed E-state index contributed by atoms with van der Waals surface area (Å²) in [5, 5.41) is 5.16. The zero-order chi connectivity index (χ0) is 12.4. The van der Waals surface area contributed by atoms with Crippen LogP contribution in [0.2, 0.25) is 0 Å². The standard InChI is InChI=1S/C10H15N3O4/c1-11-7-5-17-4-6(7)10(16)13-2-8(14)12-9(15)3-13/h6-7,11H,2-5H2,1H3,(H,12,14,15). The zero-order valence-corrected chi connectivity index (χ0v) is 9.56. The second-order valence-electron chi connectivity index (χ2n) is 4.20. The van der Waals surface area contributed by atoms with Gasteiger partial charge in [-0.2, -0.15) is 0 Å². The van der Waals surface area contributed by atoms with E-state index in [9.17, 15) is 14.4 Å². The first-order valence-corrected chi connectivity index (χ1v) is 5.48. The van der Waals surface area contributed by atoms with Gasteiger partial charge in [-0.15, -0.1) is 0 Å². The Bertz CT molecular complexity index is 341. The molecule has 0 saturated carbocycles. The summed E-state index contributed by atoms with van der Waals surface area (Å²) in [5.41, 5.74) is 0. The molecule has 17 heavy (non-hydrogen) atoms. The molecule has 3 amide bonds. The van der Waals surface area contributed by atoms with E-state index in [2.05, 4.69) is 10.6 Å². The maximum atomic E-state index is 12.1. The number of nitrogens with zero attached hydrogens (tertiary/aromatic N) is 1. The van der Waals surface area contributed by atoms with Crippen LogP contribution in [0.25, 0.3) is 0 Å². The van der Waals surface area contributed by atoms with Crippen molar-refractivity contribution in [3.63, 3.8) is 0 Å². The molecule has 2 saturated heterocycles. The van der Waals surface area contributed by atoms with Gasteiger partial charge < -0.3 is 15.0 Å². The lowest BCUT2D eigenvalue weighted by Crippen LogP contribution is -2.56. The molecular weight excluding hydrogens is 226 g/mol. The number of ether oxygens (including phenoxy) is 1. The Morgan fingerprint density at radius 2 is 2.00 bits per heavy atom. The van der Waals surface area contributed by atoms with Gasteiger partial charge in [0.15, 0.2) is 0 Å². The summed E-state index contributed by atoms with van der Waals surface area (Å²) in [4.78, 5) is 35.8. The predicted octanol–water partition coefficient (Wildman–Crippen LogP) is -2.29. The molecular formula is C10H15N3O4. The summed E-state index contributed by atoms with van der Waals surface area (Å²) < 4.78 is 5.23. The van der Waals surface area contributed by atoms with Crippen LogP contribution in [-0.2, 0) is 19.1 Å². The van der Waals surface area contributed by atoms with Gasteiger partial charge in [-0.3, -0.25) is 19.7 Å². The number of hydrogen-bond acceptors (Lipinski definition) is 5. The fourth-order valence-corrected chi connectivity index (χ4v) is 2.11. The first kappa shape index (κ1) is 12.0. The smallest absolute Gasteiger partial charge is 0.246 e. The van der Waals surface area contributed by atoms with Crippen LogP contribution in [-0.4, -0.2) is 62.0 Å². The lowest BCUT2D eigenvalue weighted by atomic mass is 10.0. The summed E-state index contributed by atoms with van der Waals surface area (Å²) in [6.07, 6.45) is 0. The third kappa shape index (κ3) is 2.45. The van der Waals surface area contributed by atoms with E-state index in [-0.39, 0.29) is 31.0 Å². The van der Waals surface area contributed by atoms with E-state index in [4.69, 9.17) is 4.74 Å². The van der Waals surface area contributed by atoms with Gasteiger partial charge in [0.05, 0.1) is 19.1 Å². The topological polar surface area (TPSA) is 87.7 Å². The molecule has 0 spiro atoms. The minimum atomic E-state index is -0.436. The van der Waals surface area contributed by atoms with Crippen molar-refractivity contribution >= 4 is 17.7 Å². The van der Waals surface area contributed by atoms with Crippen LogP contribution >= 0.6 is 0 Å². The Labute approximate surface area is 98.5 Å². The van der Waals surface area contributed by atoms with Crippen molar-refractivity contribution in [3.8, 4) is 0 Å². The van der Waals surface area contributed by atoms with Gasteiger partial charge in [0.1, 0.15) is 13.1 Å². The number of hydrogen-bond donors (Lipinski definition) is 2. The molecule has 2 rings (SSSR count). The zero-order valence-electron chi connectivity index (χ0n) is 9.56. The monoisotopic (exact) mass is 241 g/mol. The van der Waals surface area contributed by atoms with E-state index in [0.29, 0.717) is 13.2 Å². The van der Waals surface area contributed by atoms with Crippen molar-refractivity contribution < 1.29 is 19.1 Å². The van der Waals surface area contributed by atoms with Gasteiger partial charge in [-0.05, 0) is 7.05 Å². The summed E-state index contributed by atoms with van der Waals surface area (Å²) in [7, 11) is 1.76. The van der Waals surface area contributed by atoms with Crippen LogP contribution in [0.15, 0.2) is 0 Å². The third-order valence-electron chi connectivity index (χ3n) is 3.03. The van der Waals surface area contributed by atoms with Crippen molar-refractivity contribution in [2.75, 3.05) is 33.4 Å². The molecule has 94 valence electrons. The van der Waals surface area contributed by atoms with Crippen LogP contribution in [0.4, 0.5) is 0 Å². The molecule has 0 aromatic carbocycles. The van der Waals surface area contributed by atoms with Gasteiger partial charge in [0.25, 0.3) is 0 Å². The molecule has 2 atom stereocenters. The lowest BCUT2D eigenvalue weighted by molar-refractivity contribution is -0.147. The molecule has 7 heteroatoms. The molecule has 0 bridgehead atoms. The van der Waals surface area contributed by atoms with E-state index in [1.165, 1.54) is 4.90 Å². The number of imide groups is 1. The number of nitrogens with one attached hydrogen (secondary N) is 2. The minimum absolute atomic E-state index is 0.0532. The Hall–Kier alpha value is -1.47. The number of amides is 3. The highest BCUT2D eigenvalue weighted by atomic mass is 16.5. The summed E-state index contributed by atoms with van der Waals surface area (Å²) in [6, 6.07) is -0.0532. The third-order valence-corrected chi connectivity index (χ3v) is 3.03. The summed E-state index contributed by atoms with van der Waals surface area (Å²) in [5.74, 6) is -1.40. The summed E-state index contributed by atoms with van der Waals surface area (Å²) >= 11 is 0. The average Bonchev–Trinajstić information content (AvgIpc) is 2.74. The molecule has 2 N–H and O–H groups in total. The van der Waals surface area contributed by atoms with Crippen molar-refractivity contribution in [2.45, 2.75) is 6.04 Å². The first-order chi connectivity index (χ1) is 8.11. The largest absolute Gasteiger partial charge is 0.379 e. The van der Waals surface area contributed by atoms with Crippen molar-refractivity contribution in [3.05, 3.63) is 0 Å². The number of piperazine rings is 1. The predicted molar refractivity (Wildman–Crippen MR) is 56.9 cm³/mol. The molecule has 7 nitrogen and oxygen atoms in total. The molecule has 2 aliphatic rings. The Balaban J connectivity index is 2.03. The highest BCUT2D eigenvalue weighted by Gasteiger charge is 2.38. The fraction of sp³-hybridized carbons (Fsp3) is 0.700. The van der Waals surface area contributed by atoms with Crippen LogP contribution in [0.1, 0.15) is 0 Å². The molecule has 0 radical (unpaired) electrons. The Morgan fingerprint density at radius 3 is 2.59 bits per heavy atom. The molecule has 0 aromatic rings. The van der Waals surface area contributed by atoms with Gasteiger partial charge in [-0.1, -0.05) is 0 Å². The SMILES string of the molecule is CNC1COCC1C(=O)N1CC(=O)NC(=O)C1. The molecule has 2 unspecified atom stereocenters. The Kier molecular flexibility index (Phi) is 3.39. The highest BCUT2D eigenvalue weighted by molar-refractivity contribution is 6.02. The normalized spacial score (nSPS) is 29.4. The van der Waals surface area contributed by atoms with Gasteiger partial charge >= 0.3 is 0 Å². The quantitative estimate of drug-likeness (QED) is 0.531. The maximum Gasteiger partial charge on any atom is 0.246 e. The number of likely N-dealkylation sites (N-methyl/N-ethyl adjacent to an activating group) is 1. The van der Waals surface area contributed by atoms with Gasteiger partial charge in [0, 0.05) is 6.04 Å². The number of carbonyl (C=O) groups is 3. The van der Waals surface area contributed by atoms with Crippen molar-refractivity contribution in [1.29, 1.82) is 0 Å². The molecule has 2 fully saturated rings. The second-order valence-corrected chi connectivity index (χ2v) is 4.20. The minimum Gasteiger partial charge on any atom is -0.379 e. The maximum absolute atomic E-state index is 12.1. The lowest BCUT2D eigenvalue weighted by Gasteiger charge is -2.29. The van der Waals surface area contributed by atoms with Crippen molar-refractivity contribution in [2.24, 2.45) is 5.92 Å². The first-order valence-electron chi connectivity index (χ1n) is 5.48. The number of rotatable bonds is 2. The molecule has 0 aliphatic carbocycles. The van der Waals surface area contributed by atoms with E-state index in [0.717, 1.165) is 0 Å². The van der Waals surface area contributed by atoms with E-state index < -0.39 is 11.8 Å². The van der Waals surface area contributed by atoms with Crippen LogP contribution in [0, 0.1) is 5.92 Å². The molecule has 0 aromatic heterocycles. The van der Waals surface area contributed by atoms with E-state index in [1.807, 2.05) is 0 Å². The average molecular weight is 241 g/mol. The second kappa shape index (κ2) is 4.80. The highest BCUT2D eigenvalue weighted by Crippen LogP contribution is 2.17.